The van der Waals surface area contributed by atoms with Gasteiger partial charge in [-0.3, -0.25) is 10.1 Å². The van der Waals surface area contributed by atoms with Crippen molar-refractivity contribution in [3.8, 4) is 5.75 Å². The van der Waals surface area contributed by atoms with Gasteiger partial charge in [0, 0.05) is 16.1 Å². The zero-order chi connectivity index (χ0) is 12.8. The average molecular weight is 298 g/mol. The molecule has 0 aromatic heterocycles. The van der Waals surface area contributed by atoms with Crippen molar-refractivity contribution in [3.63, 3.8) is 0 Å². The molecule has 0 spiro atoms. The molecule has 0 heterocycles. The van der Waals surface area contributed by atoms with Crippen LogP contribution in [0.1, 0.15) is 5.56 Å². The van der Waals surface area contributed by atoms with Gasteiger partial charge in [0.1, 0.15) is 6.61 Å². The molecular weight excluding hydrogens is 286 g/mol. The second-order valence-corrected chi connectivity index (χ2v) is 4.18. The average Bonchev–Trinajstić information content (AvgIpc) is 2.27. The first-order chi connectivity index (χ1) is 8.10. The summed E-state index contributed by atoms with van der Waals surface area (Å²) in [5.74, 6) is 0.276. The maximum absolute atomic E-state index is 10.9. The van der Waals surface area contributed by atoms with Gasteiger partial charge in [-0.05, 0) is 12.5 Å². The van der Waals surface area contributed by atoms with Gasteiger partial charge in [-0.25, -0.2) is 0 Å². The summed E-state index contributed by atoms with van der Waals surface area (Å²) in [5, 5.41) is 10.9. The molecule has 4 nitrogen and oxygen atoms in total. The molecule has 0 bridgehead atoms. The van der Waals surface area contributed by atoms with Crippen LogP contribution in [-0.4, -0.2) is 11.5 Å². The summed E-state index contributed by atoms with van der Waals surface area (Å²) in [7, 11) is 0. The lowest BCUT2D eigenvalue weighted by Gasteiger charge is -2.10. The minimum absolute atomic E-state index is 0.0573. The highest BCUT2D eigenvalue weighted by Gasteiger charge is 2.19. The third-order valence-corrected chi connectivity index (χ3v) is 2.48. The van der Waals surface area contributed by atoms with Crippen molar-refractivity contribution in [3.05, 3.63) is 57.6 Å². The van der Waals surface area contributed by atoms with Gasteiger partial charge >= 0.3 is 5.69 Å². The highest BCUT2D eigenvalue weighted by atomic mass is 79.9. The van der Waals surface area contributed by atoms with Crippen molar-refractivity contribution in [2.75, 3.05) is 6.61 Å². The molecule has 0 aliphatic carbocycles. The third-order valence-electron chi connectivity index (χ3n) is 2.02. The third kappa shape index (κ3) is 3.42. The van der Waals surface area contributed by atoms with E-state index in [-0.39, 0.29) is 18.0 Å². The molecule has 1 aromatic rings. The highest BCUT2D eigenvalue weighted by Crippen LogP contribution is 2.35. The standard InChI is InChI=1S/C12H12BrNO3/c1-3-5-9-7-10(13)8-11(14(15)16)12(9)17-6-4-2/h3-4,7-8H,1-2,5-6H2. The topological polar surface area (TPSA) is 52.4 Å². The van der Waals surface area contributed by atoms with Crippen LogP contribution >= 0.6 is 15.9 Å². The van der Waals surface area contributed by atoms with E-state index >= 15 is 0 Å². The summed E-state index contributed by atoms with van der Waals surface area (Å²) in [5.41, 5.74) is 0.668. The number of halogens is 1. The minimum atomic E-state index is -0.463. The number of benzene rings is 1. The van der Waals surface area contributed by atoms with E-state index in [0.29, 0.717) is 10.9 Å². The number of nitrogens with zero attached hydrogens (tertiary/aromatic N) is 1. The molecule has 5 heteroatoms. The van der Waals surface area contributed by atoms with E-state index in [1.54, 1.807) is 18.2 Å². The molecule has 0 aliphatic heterocycles. The van der Waals surface area contributed by atoms with Gasteiger partial charge in [-0.15, -0.1) is 6.58 Å². The molecule has 0 saturated carbocycles. The Labute approximate surface area is 108 Å². The lowest BCUT2D eigenvalue weighted by atomic mass is 10.1. The Bertz CT molecular complexity index is 457. The second kappa shape index (κ2) is 6.20. The molecule has 0 saturated heterocycles. The quantitative estimate of drug-likeness (QED) is 0.457. The minimum Gasteiger partial charge on any atom is -0.482 e. The van der Waals surface area contributed by atoms with Gasteiger partial charge in [-0.1, -0.05) is 34.7 Å². The molecule has 90 valence electrons. The van der Waals surface area contributed by atoms with Crippen molar-refractivity contribution in [1.29, 1.82) is 0 Å². The molecule has 0 aliphatic rings. The van der Waals surface area contributed by atoms with E-state index in [1.807, 2.05) is 0 Å². The molecule has 0 amide bonds. The lowest BCUT2D eigenvalue weighted by Crippen LogP contribution is -2.02. The zero-order valence-corrected chi connectivity index (χ0v) is 10.8. The van der Waals surface area contributed by atoms with Crippen LogP contribution in [0.2, 0.25) is 0 Å². The van der Waals surface area contributed by atoms with E-state index in [2.05, 4.69) is 29.1 Å². The number of nitro benzene ring substituents is 1. The molecule has 0 unspecified atom stereocenters. The fourth-order valence-corrected chi connectivity index (χ4v) is 1.88. The number of hydrogen-bond acceptors (Lipinski definition) is 3. The maximum Gasteiger partial charge on any atom is 0.312 e. The largest absolute Gasteiger partial charge is 0.482 e. The molecule has 1 rings (SSSR count). The molecule has 17 heavy (non-hydrogen) atoms. The first-order valence-corrected chi connectivity index (χ1v) is 5.70. The molecule has 0 radical (unpaired) electrons. The Morgan fingerprint density at radius 1 is 1.41 bits per heavy atom. The molecular formula is C12H12BrNO3. The van der Waals surface area contributed by atoms with Crippen molar-refractivity contribution < 1.29 is 9.66 Å². The number of nitro groups is 1. The first kappa shape index (κ1) is 13.4. The van der Waals surface area contributed by atoms with Crippen molar-refractivity contribution in [2.45, 2.75) is 6.42 Å². The second-order valence-electron chi connectivity index (χ2n) is 3.26. The Hall–Kier alpha value is -1.62. The van der Waals surface area contributed by atoms with Crippen LogP contribution in [0.4, 0.5) is 5.69 Å². The van der Waals surface area contributed by atoms with Gasteiger partial charge < -0.3 is 4.74 Å². The van der Waals surface area contributed by atoms with Crippen LogP contribution in [-0.2, 0) is 6.42 Å². The maximum atomic E-state index is 10.9. The van der Waals surface area contributed by atoms with E-state index in [0.717, 1.165) is 5.56 Å². The van der Waals surface area contributed by atoms with Crippen LogP contribution in [0.25, 0.3) is 0 Å². The fraction of sp³-hybridized carbons (Fsp3) is 0.167. The number of allylic oxidation sites excluding steroid dienone is 1. The smallest absolute Gasteiger partial charge is 0.312 e. The van der Waals surface area contributed by atoms with Crippen LogP contribution in [0, 0.1) is 10.1 Å². The van der Waals surface area contributed by atoms with Crippen molar-refractivity contribution >= 4 is 21.6 Å². The van der Waals surface area contributed by atoms with Crippen LogP contribution in [0.15, 0.2) is 41.9 Å². The van der Waals surface area contributed by atoms with Gasteiger partial charge in [0.25, 0.3) is 0 Å². The Morgan fingerprint density at radius 3 is 2.65 bits per heavy atom. The predicted molar refractivity (Wildman–Crippen MR) is 70.4 cm³/mol. The van der Waals surface area contributed by atoms with E-state index < -0.39 is 4.92 Å². The van der Waals surface area contributed by atoms with Crippen LogP contribution in [0.3, 0.4) is 0 Å². The lowest BCUT2D eigenvalue weighted by molar-refractivity contribution is -0.385. The molecule has 0 atom stereocenters. The summed E-state index contributed by atoms with van der Waals surface area (Å²) >= 11 is 3.24. The Balaban J connectivity index is 3.29. The van der Waals surface area contributed by atoms with Crippen molar-refractivity contribution in [2.24, 2.45) is 0 Å². The number of hydrogen-bond donors (Lipinski definition) is 0. The van der Waals surface area contributed by atoms with Crippen LogP contribution < -0.4 is 4.74 Å². The molecule has 0 N–H and O–H groups in total. The Kier molecular flexibility index (Phi) is 4.90. The summed E-state index contributed by atoms with van der Waals surface area (Å²) in [6.07, 6.45) is 3.72. The SMILES string of the molecule is C=CCOc1c(CC=C)cc(Br)cc1[N+](=O)[O-]. The fourth-order valence-electron chi connectivity index (χ4n) is 1.39. The van der Waals surface area contributed by atoms with Crippen molar-refractivity contribution in [1.82, 2.24) is 0 Å². The van der Waals surface area contributed by atoms with Crippen LogP contribution in [0.5, 0.6) is 5.75 Å². The first-order valence-electron chi connectivity index (χ1n) is 4.91. The summed E-state index contributed by atoms with van der Waals surface area (Å²) in [4.78, 5) is 10.5. The number of ether oxygens (including phenoxy) is 1. The predicted octanol–water partition coefficient (Wildman–Crippen LogP) is 3.65. The normalized spacial score (nSPS) is 9.71. The summed E-state index contributed by atoms with van der Waals surface area (Å²) < 4.78 is 6.00. The summed E-state index contributed by atoms with van der Waals surface area (Å²) in [6.45, 7) is 7.37. The highest BCUT2D eigenvalue weighted by molar-refractivity contribution is 9.10. The summed E-state index contributed by atoms with van der Waals surface area (Å²) in [6, 6.07) is 3.21. The van der Waals surface area contributed by atoms with E-state index in [1.165, 1.54) is 6.07 Å². The molecule has 0 fully saturated rings. The zero-order valence-electron chi connectivity index (χ0n) is 9.19. The van der Waals surface area contributed by atoms with Gasteiger partial charge in [0.15, 0.2) is 0 Å². The van der Waals surface area contributed by atoms with Gasteiger partial charge in [0.2, 0.25) is 5.75 Å². The van der Waals surface area contributed by atoms with E-state index in [9.17, 15) is 10.1 Å². The van der Waals surface area contributed by atoms with Gasteiger partial charge in [0.05, 0.1) is 4.92 Å². The van der Waals surface area contributed by atoms with E-state index in [4.69, 9.17) is 4.74 Å². The molecule has 1 aromatic carbocycles. The monoisotopic (exact) mass is 297 g/mol. The Morgan fingerprint density at radius 2 is 2.12 bits per heavy atom. The van der Waals surface area contributed by atoms with Gasteiger partial charge in [-0.2, -0.15) is 0 Å². The number of rotatable bonds is 6.